The fourth-order valence-electron chi connectivity index (χ4n) is 15.3. The number of hydrogen-bond donors (Lipinski definition) is 3. The Morgan fingerprint density at radius 3 is 1.30 bits per heavy atom. The van der Waals surface area contributed by atoms with Gasteiger partial charge in [0.2, 0.25) is 0 Å². The Labute approximate surface area is 720 Å². The summed E-state index contributed by atoms with van der Waals surface area (Å²) >= 11 is 0. The molecule has 0 aliphatic heterocycles. The first-order chi connectivity index (χ1) is 54.9. The number of nitrogens with zero attached hydrogens (tertiary/aromatic N) is 9. The van der Waals surface area contributed by atoms with Gasteiger partial charge in [-0.2, -0.15) is 0 Å². The van der Waals surface area contributed by atoms with Crippen LogP contribution in [0.15, 0.2) is 352 Å². The number of pyridine rings is 6. The number of hydrogen-bond acceptors (Lipinski definition) is 9. The summed E-state index contributed by atoms with van der Waals surface area (Å²) in [6.45, 7) is 15.3. The molecule has 1 aliphatic rings. The number of fused-ring (bicyclic) bond motifs is 3. The van der Waals surface area contributed by atoms with E-state index in [0.29, 0.717) is 28.1 Å². The van der Waals surface area contributed by atoms with Gasteiger partial charge in [-0.05, 0) is 176 Å². The molecule has 17 aromatic rings. The van der Waals surface area contributed by atoms with Gasteiger partial charge in [0.05, 0.1) is 28.2 Å². The number of phenols is 3. The summed E-state index contributed by atoms with van der Waals surface area (Å²) in [5.41, 5.74) is 25.4. The normalized spacial score (nSPS) is 11.9. The van der Waals surface area contributed by atoms with Crippen LogP contribution >= 0.6 is 0 Å². The van der Waals surface area contributed by atoms with E-state index in [0.717, 1.165) is 107 Å². The minimum Gasteiger partial charge on any atom is -0.659 e. The zero-order valence-corrected chi connectivity index (χ0v) is 71.6. The quantitative estimate of drug-likeness (QED) is 0.0885. The first kappa shape index (κ1) is 82.0. The van der Waals surface area contributed by atoms with Crippen molar-refractivity contribution in [2.45, 2.75) is 70.1 Å². The molecule has 0 fully saturated rings. The molecule has 1 aliphatic carbocycles. The predicted octanol–water partition coefficient (Wildman–Crippen LogP) is 22.7. The number of rotatable bonds is 15. The van der Waals surface area contributed by atoms with Crippen LogP contribution in [-0.4, -0.2) is 45.2 Å². The van der Waals surface area contributed by atoms with Crippen LogP contribution in [0.4, 0.5) is 0 Å². The fourth-order valence-corrected chi connectivity index (χ4v) is 15.3. The number of para-hydroxylation sites is 3. The van der Waals surface area contributed by atoms with E-state index in [-0.39, 0.29) is 91.3 Å². The van der Waals surface area contributed by atoms with E-state index in [1.54, 1.807) is 24.3 Å². The maximum Gasteiger partial charge on any atom is 0.124 e. The molecule has 9 heterocycles. The molecule has 0 amide bonds. The summed E-state index contributed by atoms with van der Waals surface area (Å²) in [6.07, 6.45) is 5.57. The average molecular weight is 2060 g/mol. The molecule has 0 unspecified atom stereocenters. The van der Waals surface area contributed by atoms with Gasteiger partial charge >= 0.3 is 0 Å². The summed E-state index contributed by atoms with van der Waals surface area (Å²) < 4.78 is 0. The van der Waals surface area contributed by atoms with Crippen molar-refractivity contribution in [1.82, 2.24) is 44.9 Å². The van der Waals surface area contributed by atoms with E-state index >= 15 is 0 Å². The SMILES string of the molecule is CC(C)(C)c1ccnc(C(C)(C)c2ccc(-c3cccc(-c4ccccc4O)n3)[n-]2)c1.CC(C)(c1ccccn1)c1[n-]c(-c2cccc(-c3ccccc3O)n2)c(-c2ccccc2)c1-c1ccccc1.Oc1ccccc1-c1cc(-c2ccccc2)cc(-c2ccc(C3(c4ccccn4)c4ccccc4-c4ccccc43)[n-]2)n1.[Pt].[Pt].[Pt]. The van der Waals surface area contributed by atoms with Crippen molar-refractivity contribution >= 4 is 0 Å². The van der Waals surface area contributed by atoms with E-state index in [1.165, 1.54) is 27.8 Å². The van der Waals surface area contributed by atoms with Crippen LogP contribution in [0.1, 0.15) is 99.3 Å². The van der Waals surface area contributed by atoms with Crippen LogP contribution < -0.4 is 15.0 Å². The van der Waals surface area contributed by atoms with Crippen LogP contribution in [0.25, 0.3) is 112 Å². The number of phenolic OH excluding ortho intramolecular Hbond substituents is 3. The molecule has 12 nitrogen and oxygen atoms in total. The summed E-state index contributed by atoms with van der Waals surface area (Å²) in [4.78, 5) is 44.8. The molecule has 0 atom stereocenters. The van der Waals surface area contributed by atoms with E-state index in [2.05, 4.69) is 211 Å². The number of aromatic hydroxyl groups is 3. The van der Waals surface area contributed by atoms with Crippen molar-refractivity contribution in [2.24, 2.45) is 0 Å². The van der Waals surface area contributed by atoms with Crippen LogP contribution in [0, 0.1) is 0 Å². The van der Waals surface area contributed by atoms with Crippen LogP contribution in [-0.2, 0) is 84.9 Å². The van der Waals surface area contributed by atoms with Crippen LogP contribution in [0.2, 0.25) is 0 Å². The van der Waals surface area contributed by atoms with Crippen molar-refractivity contribution in [1.29, 1.82) is 0 Å². The summed E-state index contributed by atoms with van der Waals surface area (Å²) in [6, 6.07) is 110. The van der Waals surface area contributed by atoms with Gasteiger partial charge < -0.3 is 30.3 Å². The average Bonchev–Trinajstić information content (AvgIpc) is 1.54. The Morgan fingerprint density at radius 1 is 0.302 bits per heavy atom. The number of aromatic nitrogens is 9. The molecule has 18 rings (SSSR count). The van der Waals surface area contributed by atoms with Gasteiger partial charge in [-0.1, -0.05) is 273 Å². The van der Waals surface area contributed by atoms with Gasteiger partial charge in [0.25, 0.3) is 0 Å². The molecule has 15 heteroatoms. The minimum atomic E-state index is -0.676. The third kappa shape index (κ3) is 16.2. The van der Waals surface area contributed by atoms with Gasteiger partial charge in [0.1, 0.15) is 17.2 Å². The van der Waals surface area contributed by atoms with Crippen LogP contribution in [0.5, 0.6) is 17.2 Å². The van der Waals surface area contributed by atoms with Gasteiger partial charge in [-0.25, -0.2) is 15.0 Å². The zero-order chi connectivity index (χ0) is 77.9. The molecule has 0 spiro atoms. The molecule has 8 aromatic carbocycles. The van der Waals surface area contributed by atoms with Crippen LogP contribution in [0.3, 0.4) is 0 Å². The fraction of sp³-hybridized carbons (Fsp3) is 0.109. The Kier molecular flexibility index (Phi) is 24.7. The first-order valence-corrected chi connectivity index (χ1v) is 37.9. The Balaban J connectivity index is 0.000000151. The smallest absolute Gasteiger partial charge is 0.124 e. The second-order valence-corrected chi connectivity index (χ2v) is 30.3. The zero-order valence-electron chi connectivity index (χ0n) is 64.8. The topological polar surface area (TPSA) is 180 Å². The number of benzene rings is 8. The van der Waals surface area contributed by atoms with Crippen molar-refractivity contribution in [2.75, 3.05) is 0 Å². The first-order valence-electron chi connectivity index (χ1n) is 37.9. The monoisotopic (exact) mass is 2050 g/mol. The molecular formula is C101H82N9O3Pt3-3. The molecule has 9 aromatic heterocycles. The van der Waals surface area contributed by atoms with Crippen molar-refractivity contribution < 1.29 is 78.5 Å². The molecule has 0 saturated heterocycles. The summed E-state index contributed by atoms with van der Waals surface area (Å²) in [5.74, 6) is 0.604. The van der Waals surface area contributed by atoms with Gasteiger partial charge in [-0.3, -0.25) is 15.0 Å². The standard InChI is InChI=1S/C39H26N3O.C35H28N3O.C27H28N3O.3Pt/c43-36-19-9-6-16-30(36)34-24-27(26-12-2-1-3-13-26)25-35(41-34)33-21-22-38(42-33)39(37-20-10-11-23-40-37)31-17-7-4-14-28(31)29-15-5-8-18-32(29)39;1-35(2,30-22-11-12-23-36-30)34-32(25-16-7-4-8-17-25)31(24-14-5-3-6-15-24)33(38-34)28-20-13-19-27(37-28)26-18-9-10-21-29(26)39;1-26(2,3)18-15-16-28-25(17-18)27(4,5)24-14-13-22(30-24)21-11-8-10-20(29-21)19-9-6-7-12-23(19)31;;;/h1-25H,(H-,41,42,43);3-23H,1-2H3,(H-,37,38,39);6-17H,1-5H3,(H-,29,30,31);;;/q3*-1;;;. The Hall–Kier alpha value is -12.0. The second-order valence-electron chi connectivity index (χ2n) is 30.3. The molecule has 582 valence electrons. The largest absolute Gasteiger partial charge is 0.659 e. The maximum atomic E-state index is 10.7. The van der Waals surface area contributed by atoms with Crippen molar-refractivity contribution in [3.8, 4) is 130 Å². The molecular weight excluding hydrogens is 1970 g/mol. The predicted molar refractivity (Wildman–Crippen MR) is 453 cm³/mol. The Morgan fingerprint density at radius 2 is 0.750 bits per heavy atom. The maximum absolute atomic E-state index is 10.7. The van der Waals surface area contributed by atoms with E-state index in [9.17, 15) is 15.3 Å². The van der Waals surface area contributed by atoms with E-state index < -0.39 is 10.8 Å². The van der Waals surface area contributed by atoms with Gasteiger partial charge in [-0.15, -0.1) is 34.2 Å². The van der Waals surface area contributed by atoms with E-state index in [1.807, 2.05) is 170 Å². The van der Waals surface area contributed by atoms with Gasteiger partial charge in [0.15, 0.2) is 0 Å². The third-order valence-electron chi connectivity index (χ3n) is 21.3. The van der Waals surface area contributed by atoms with Crippen molar-refractivity contribution in [3.63, 3.8) is 0 Å². The molecule has 116 heavy (non-hydrogen) atoms. The summed E-state index contributed by atoms with van der Waals surface area (Å²) in [5, 5.41) is 31.4. The Bertz CT molecular complexity index is 6200. The van der Waals surface area contributed by atoms with Gasteiger partial charge in [0, 0.05) is 138 Å². The molecule has 0 bridgehead atoms. The second kappa shape index (κ2) is 35.0. The molecule has 0 saturated carbocycles. The molecule has 3 N–H and O–H groups in total. The third-order valence-corrected chi connectivity index (χ3v) is 21.3. The van der Waals surface area contributed by atoms with E-state index in [4.69, 9.17) is 39.9 Å². The molecule has 0 radical (unpaired) electrons. The summed E-state index contributed by atoms with van der Waals surface area (Å²) in [7, 11) is 0. The minimum absolute atomic E-state index is 0. The van der Waals surface area contributed by atoms with Crippen molar-refractivity contribution in [3.05, 3.63) is 403 Å².